The number of benzene rings is 1. The average molecular weight is 335 g/mol. The van der Waals surface area contributed by atoms with Gasteiger partial charge in [0.05, 0.1) is 16.8 Å². The molecule has 1 aromatic carbocycles. The molecule has 23 heavy (non-hydrogen) atoms. The second-order valence-corrected chi connectivity index (χ2v) is 7.26. The number of aryl methyl sites for hydroxylation is 1. The summed E-state index contributed by atoms with van der Waals surface area (Å²) in [5, 5.41) is 12.9. The van der Waals surface area contributed by atoms with Gasteiger partial charge in [-0.3, -0.25) is 9.59 Å². The van der Waals surface area contributed by atoms with E-state index in [1.165, 1.54) is 23.5 Å². The first-order valence-electron chi connectivity index (χ1n) is 7.63. The van der Waals surface area contributed by atoms with Gasteiger partial charge in [0.25, 0.3) is 5.91 Å². The minimum absolute atomic E-state index is 0.0582. The van der Waals surface area contributed by atoms with Crippen molar-refractivity contribution in [1.82, 2.24) is 5.32 Å². The van der Waals surface area contributed by atoms with Crippen LogP contribution >= 0.6 is 11.3 Å². The first-order chi connectivity index (χ1) is 10.9. The predicted octanol–water partition coefficient (Wildman–Crippen LogP) is 3.87. The van der Waals surface area contributed by atoms with Crippen LogP contribution in [0.3, 0.4) is 0 Å². The Kier molecular flexibility index (Phi) is 4.10. The Morgan fingerprint density at radius 2 is 2.04 bits per heavy atom. The van der Waals surface area contributed by atoms with Gasteiger partial charge >= 0.3 is 5.97 Å². The van der Waals surface area contributed by atoms with Crippen molar-refractivity contribution >= 4 is 33.3 Å². The molecule has 0 aliphatic heterocycles. The summed E-state index contributed by atoms with van der Waals surface area (Å²) in [6.07, 6.45) is 3.15. The number of thiophene rings is 1. The van der Waals surface area contributed by atoms with Crippen molar-refractivity contribution < 1.29 is 19.1 Å². The molecule has 1 amide bonds. The van der Waals surface area contributed by atoms with Crippen molar-refractivity contribution in [3.63, 3.8) is 0 Å². The van der Waals surface area contributed by atoms with Gasteiger partial charge in [-0.25, -0.2) is 4.39 Å². The van der Waals surface area contributed by atoms with Crippen LogP contribution in [0.5, 0.6) is 0 Å². The number of carboxylic acid groups (broad SMARTS) is 1. The maximum Gasteiger partial charge on any atom is 0.305 e. The first kappa shape index (κ1) is 15.9. The van der Waals surface area contributed by atoms with E-state index < -0.39 is 11.5 Å². The van der Waals surface area contributed by atoms with E-state index in [-0.39, 0.29) is 18.1 Å². The molecule has 0 spiro atoms. The van der Waals surface area contributed by atoms with Crippen molar-refractivity contribution in [2.75, 3.05) is 0 Å². The second kappa shape index (κ2) is 5.92. The van der Waals surface area contributed by atoms with Gasteiger partial charge in [-0.1, -0.05) is 18.9 Å². The fourth-order valence-electron chi connectivity index (χ4n) is 3.40. The van der Waals surface area contributed by atoms with Crippen molar-refractivity contribution in [3.05, 3.63) is 34.5 Å². The number of hydrogen-bond donors (Lipinski definition) is 2. The summed E-state index contributed by atoms with van der Waals surface area (Å²) in [4.78, 5) is 24.3. The van der Waals surface area contributed by atoms with Crippen LogP contribution in [0, 0.1) is 12.7 Å². The van der Waals surface area contributed by atoms with Gasteiger partial charge < -0.3 is 10.4 Å². The molecule has 2 N–H and O–H groups in total. The lowest BCUT2D eigenvalue weighted by atomic mass is 9.93. The van der Waals surface area contributed by atoms with Crippen LogP contribution in [-0.4, -0.2) is 22.5 Å². The van der Waals surface area contributed by atoms with Gasteiger partial charge in [-0.15, -0.1) is 11.3 Å². The van der Waals surface area contributed by atoms with Gasteiger partial charge in [-0.2, -0.15) is 0 Å². The highest BCUT2D eigenvalue weighted by Crippen LogP contribution is 2.35. The fraction of sp³-hybridized carbons (Fsp3) is 0.412. The number of aliphatic carboxylic acids is 1. The summed E-state index contributed by atoms with van der Waals surface area (Å²) in [6, 6.07) is 4.48. The van der Waals surface area contributed by atoms with Gasteiger partial charge in [0.1, 0.15) is 5.82 Å². The molecule has 0 radical (unpaired) electrons. The van der Waals surface area contributed by atoms with Crippen LogP contribution in [0.1, 0.15) is 47.3 Å². The van der Waals surface area contributed by atoms with Crippen LogP contribution in [0.25, 0.3) is 10.1 Å². The normalized spacial score (nSPS) is 16.6. The lowest BCUT2D eigenvalue weighted by Gasteiger charge is -2.28. The smallest absolute Gasteiger partial charge is 0.305 e. The summed E-state index contributed by atoms with van der Waals surface area (Å²) < 4.78 is 14.1. The molecular weight excluding hydrogens is 317 g/mol. The van der Waals surface area contributed by atoms with Crippen molar-refractivity contribution in [1.29, 1.82) is 0 Å². The van der Waals surface area contributed by atoms with Gasteiger partial charge in [-0.05, 0) is 42.8 Å². The van der Waals surface area contributed by atoms with Gasteiger partial charge in [0.15, 0.2) is 0 Å². The highest BCUT2D eigenvalue weighted by Gasteiger charge is 2.38. The Morgan fingerprint density at radius 3 is 2.70 bits per heavy atom. The third-order valence-electron chi connectivity index (χ3n) is 4.54. The summed E-state index contributed by atoms with van der Waals surface area (Å²) in [7, 11) is 0. The molecule has 1 saturated carbocycles. The van der Waals surface area contributed by atoms with Gasteiger partial charge in [0.2, 0.25) is 0 Å². The standard InChI is InChI=1S/C17H18FNO3S/c1-10-12-5-4-11(18)8-13(12)23-15(10)16(22)19-17(9-14(20)21)6-2-3-7-17/h4-5,8H,2-3,6-7,9H2,1H3,(H,19,22)(H,20,21). The van der Waals surface area contributed by atoms with Gasteiger partial charge in [0, 0.05) is 4.70 Å². The number of nitrogens with one attached hydrogen (secondary N) is 1. The molecule has 0 saturated heterocycles. The third-order valence-corrected chi connectivity index (χ3v) is 5.79. The fourth-order valence-corrected chi connectivity index (χ4v) is 4.53. The van der Waals surface area contributed by atoms with E-state index in [9.17, 15) is 14.0 Å². The highest BCUT2D eigenvalue weighted by molar-refractivity contribution is 7.21. The van der Waals surface area contributed by atoms with Crippen molar-refractivity contribution in [3.8, 4) is 0 Å². The van der Waals surface area contributed by atoms with Crippen LogP contribution in [0.2, 0.25) is 0 Å². The largest absolute Gasteiger partial charge is 0.481 e. The molecule has 0 atom stereocenters. The number of carboxylic acids is 1. The zero-order valence-corrected chi connectivity index (χ0v) is 13.6. The molecule has 6 heteroatoms. The zero-order valence-electron chi connectivity index (χ0n) is 12.8. The number of rotatable bonds is 4. The summed E-state index contributed by atoms with van der Waals surface area (Å²) in [5.41, 5.74) is 0.155. The number of carbonyl (C=O) groups excluding carboxylic acids is 1. The topological polar surface area (TPSA) is 66.4 Å². The number of halogens is 1. The van der Waals surface area contributed by atoms with E-state index in [0.29, 0.717) is 17.7 Å². The van der Waals surface area contributed by atoms with E-state index in [4.69, 9.17) is 5.11 Å². The van der Waals surface area contributed by atoms with Crippen molar-refractivity contribution in [2.24, 2.45) is 0 Å². The molecule has 1 heterocycles. The molecular formula is C17H18FNO3S. The molecule has 1 aliphatic rings. The minimum atomic E-state index is -0.901. The monoisotopic (exact) mass is 335 g/mol. The van der Waals surface area contributed by atoms with E-state index in [0.717, 1.165) is 28.5 Å². The van der Waals surface area contributed by atoms with E-state index >= 15 is 0 Å². The van der Waals surface area contributed by atoms with Crippen LogP contribution in [0.4, 0.5) is 4.39 Å². The van der Waals surface area contributed by atoms with E-state index in [1.54, 1.807) is 6.07 Å². The lowest BCUT2D eigenvalue weighted by Crippen LogP contribution is -2.47. The van der Waals surface area contributed by atoms with E-state index in [2.05, 4.69) is 5.32 Å². The maximum absolute atomic E-state index is 13.4. The lowest BCUT2D eigenvalue weighted by molar-refractivity contribution is -0.138. The molecule has 4 nitrogen and oxygen atoms in total. The predicted molar refractivity (Wildman–Crippen MR) is 87.4 cm³/mol. The molecule has 1 aliphatic carbocycles. The zero-order chi connectivity index (χ0) is 16.6. The van der Waals surface area contributed by atoms with Crippen LogP contribution < -0.4 is 5.32 Å². The van der Waals surface area contributed by atoms with E-state index in [1.807, 2.05) is 6.92 Å². The van der Waals surface area contributed by atoms with Crippen LogP contribution in [-0.2, 0) is 4.79 Å². The van der Waals surface area contributed by atoms with Crippen molar-refractivity contribution in [2.45, 2.75) is 44.6 Å². The maximum atomic E-state index is 13.4. The molecule has 0 unspecified atom stereocenters. The molecule has 122 valence electrons. The Labute approximate surface area is 137 Å². The van der Waals surface area contributed by atoms with Crippen LogP contribution in [0.15, 0.2) is 18.2 Å². The Hall–Kier alpha value is -1.95. The highest BCUT2D eigenvalue weighted by atomic mass is 32.1. The molecule has 1 aromatic heterocycles. The molecule has 1 fully saturated rings. The Bertz CT molecular complexity index is 777. The third kappa shape index (κ3) is 3.08. The second-order valence-electron chi connectivity index (χ2n) is 6.21. The first-order valence-corrected chi connectivity index (χ1v) is 8.45. The summed E-state index contributed by atoms with van der Waals surface area (Å²) in [6.45, 7) is 1.84. The SMILES string of the molecule is Cc1c(C(=O)NC2(CC(=O)O)CCCC2)sc2cc(F)ccc12. The quantitative estimate of drug-likeness (QED) is 0.891. The average Bonchev–Trinajstić information content (AvgIpc) is 3.03. The minimum Gasteiger partial charge on any atom is -0.481 e. The number of amides is 1. The summed E-state index contributed by atoms with van der Waals surface area (Å²) in [5.74, 6) is -1.49. The molecule has 3 rings (SSSR count). The number of carbonyl (C=O) groups is 2. The number of hydrogen-bond acceptors (Lipinski definition) is 3. The summed E-state index contributed by atoms with van der Waals surface area (Å²) >= 11 is 1.25. The Balaban J connectivity index is 1.90. The molecule has 2 aromatic rings. The Morgan fingerprint density at radius 1 is 1.35 bits per heavy atom. The number of fused-ring (bicyclic) bond motifs is 1. The molecule has 0 bridgehead atoms.